The van der Waals surface area contributed by atoms with Crippen LogP contribution in [0.5, 0.6) is 11.5 Å². The minimum Gasteiger partial charge on any atom is -0.454 e. The Hall–Kier alpha value is -3.03. The number of para-hydroxylation sites is 1. The van der Waals surface area contributed by atoms with Crippen molar-refractivity contribution in [2.75, 3.05) is 18.8 Å². The molecule has 154 valence electrons. The Balaban J connectivity index is 1.76. The summed E-state index contributed by atoms with van der Waals surface area (Å²) in [6, 6.07) is 11.5. The molecule has 13 heteroatoms. The third-order valence-electron chi connectivity index (χ3n) is 3.56. The summed E-state index contributed by atoms with van der Waals surface area (Å²) in [6.45, 7) is 0. The predicted molar refractivity (Wildman–Crippen MR) is 102 cm³/mol. The molecule has 0 amide bonds. The topological polar surface area (TPSA) is 123 Å². The van der Waals surface area contributed by atoms with E-state index in [4.69, 9.17) is 4.74 Å². The molecule has 3 aromatic rings. The predicted octanol–water partition coefficient (Wildman–Crippen LogP) is 1.66. The SMILES string of the molecule is CN(C)S(=O)(=O)n1cnc(S(=O)(=O)Nc2ccc(Oc3ccccc3F)cc2)n1. The van der Waals surface area contributed by atoms with Gasteiger partial charge in [0.1, 0.15) is 12.1 Å². The first-order valence-corrected chi connectivity index (χ1v) is 10.9. The van der Waals surface area contributed by atoms with Crippen molar-refractivity contribution >= 4 is 25.9 Å². The van der Waals surface area contributed by atoms with Crippen molar-refractivity contribution in [3.8, 4) is 11.5 Å². The van der Waals surface area contributed by atoms with Gasteiger partial charge in [-0.1, -0.05) is 12.1 Å². The van der Waals surface area contributed by atoms with Crippen molar-refractivity contribution in [1.82, 2.24) is 18.5 Å². The molecule has 0 unspecified atom stereocenters. The van der Waals surface area contributed by atoms with E-state index < -0.39 is 31.2 Å². The van der Waals surface area contributed by atoms with Crippen LogP contribution in [0.15, 0.2) is 60.0 Å². The normalized spacial score (nSPS) is 12.1. The number of rotatable bonds is 7. The van der Waals surface area contributed by atoms with E-state index in [0.29, 0.717) is 4.09 Å². The summed E-state index contributed by atoms with van der Waals surface area (Å²) in [5.41, 5.74) is 0.151. The molecule has 3 rings (SSSR count). The monoisotopic (exact) mass is 441 g/mol. The van der Waals surface area contributed by atoms with E-state index in [9.17, 15) is 21.2 Å². The van der Waals surface area contributed by atoms with Crippen LogP contribution in [-0.4, -0.2) is 49.4 Å². The number of nitrogens with one attached hydrogen (secondary N) is 1. The lowest BCUT2D eigenvalue weighted by Gasteiger charge is -2.10. The fraction of sp³-hybridized carbons (Fsp3) is 0.125. The van der Waals surface area contributed by atoms with E-state index in [0.717, 1.165) is 10.6 Å². The minimum absolute atomic E-state index is 0.0256. The first kappa shape index (κ1) is 20.7. The number of nitrogens with zero attached hydrogens (tertiary/aromatic N) is 4. The minimum atomic E-state index is -4.23. The molecular weight excluding hydrogens is 425 g/mol. The maximum Gasteiger partial charge on any atom is 0.323 e. The molecule has 0 aliphatic rings. The second kappa shape index (κ2) is 7.77. The van der Waals surface area contributed by atoms with Gasteiger partial charge >= 0.3 is 10.2 Å². The maximum atomic E-state index is 13.6. The second-order valence-corrected chi connectivity index (χ2v) is 9.43. The zero-order chi connectivity index (χ0) is 21.2. The summed E-state index contributed by atoms with van der Waals surface area (Å²) in [7, 11) is -5.68. The number of hydrogen-bond acceptors (Lipinski definition) is 7. The number of aromatic nitrogens is 3. The van der Waals surface area contributed by atoms with Gasteiger partial charge in [0.05, 0.1) is 0 Å². The highest BCUT2D eigenvalue weighted by Crippen LogP contribution is 2.25. The van der Waals surface area contributed by atoms with Gasteiger partial charge in [0, 0.05) is 19.8 Å². The van der Waals surface area contributed by atoms with Crippen LogP contribution in [0.25, 0.3) is 0 Å². The molecule has 0 spiro atoms. The van der Waals surface area contributed by atoms with Gasteiger partial charge < -0.3 is 4.74 Å². The van der Waals surface area contributed by atoms with E-state index in [-0.39, 0.29) is 17.2 Å². The van der Waals surface area contributed by atoms with Crippen LogP contribution in [0.1, 0.15) is 0 Å². The van der Waals surface area contributed by atoms with Crippen LogP contribution in [-0.2, 0) is 20.2 Å². The van der Waals surface area contributed by atoms with E-state index in [2.05, 4.69) is 14.8 Å². The fourth-order valence-corrected chi connectivity index (χ4v) is 3.73. The Kier molecular flexibility index (Phi) is 5.55. The van der Waals surface area contributed by atoms with Crippen LogP contribution in [0.3, 0.4) is 0 Å². The summed E-state index contributed by atoms with van der Waals surface area (Å²) in [5.74, 6) is -0.221. The standard InChI is InChI=1S/C16H16FN5O5S2/c1-21(2)29(25,26)22-11-18-16(19-22)28(23,24)20-12-7-9-13(10-8-12)27-15-6-4-3-5-14(15)17/h3-11,20H,1-2H3. The molecule has 0 saturated heterocycles. The van der Waals surface area contributed by atoms with Gasteiger partial charge in [-0.25, -0.2) is 9.37 Å². The third kappa shape index (κ3) is 4.52. The van der Waals surface area contributed by atoms with Crippen LogP contribution >= 0.6 is 0 Å². The molecule has 0 fully saturated rings. The first-order chi connectivity index (χ1) is 13.6. The summed E-state index contributed by atoms with van der Waals surface area (Å²) >= 11 is 0. The Bertz CT molecular complexity index is 1220. The van der Waals surface area contributed by atoms with Crippen molar-refractivity contribution in [2.45, 2.75) is 5.16 Å². The summed E-state index contributed by atoms with van der Waals surface area (Å²) < 4.78 is 71.3. The first-order valence-electron chi connectivity index (χ1n) is 7.99. The number of halogens is 1. The molecule has 10 nitrogen and oxygen atoms in total. The van der Waals surface area contributed by atoms with Crippen molar-refractivity contribution in [3.05, 3.63) is 60.7 Å². The average Bonchev–Trinajstić information content (AvgIpc) is 3.17. The van der Waals surface area contributed by atoms with Crippen molar-refractivity contribution in [1.29, 1.82) is 0 Å². The van der Waals surface area contributed by atoms with Crippen molar-refractivity contribution in [3.63, 3.8) is 0 Å². The van der Waals surface area contributed by atoms with Gasteiger partial charge in [0.2, 0.25) is 0 Å². The van der Waals surface area contributed by atoms with Gasteiger partial charge in [-0.3, -0.25) is 4.72 Å². The van der Waals surface area contributed by atoms with Crippen LogP contribution in [0, 0.1) is 5.82 Å². The molecule has 2 aromatic carbocycles. The third-order valence-corrected chi connectivity index (χ3v) is 6.30. The van der Waals surface area contributed by atoms with E-state index >= 15 is 0 Å². The van der Waals surface area contributed by atoms with E-state index in [1.807, 2.05) is 0 Å². The molecule has 0 radical (unpaired) electrons. The molecule has 0 bridgehead atoms. The zero-order valence-corrected chi connectivity index (χ0v) is 16.9. The smallest absolute Gasteiger partial charge is 0.323 e. The number of ether oxygens (including phenoxy) is 1. The van der Waals surface area contributed by atoms with Gasteiger partial charge in [0.25, 0.3) is 15.2 Å². The Morgan fingerprint density at radius 1 is 1.03 bits per heavy atom. The summed E-state index contributed by atoms with van der Waals surface area (Å²) in [6.07, 6.45) is 0.787. The number of anilines is 1. The fourth-order valence-electron chi connectivity index (χ4n) is 2.08. The zero-order valence-electron chi connectivity index (χ0n) is 15.2. The highest BCUT2D eigenvalue weighted by Gasteiger charge is 2.24. The molecule has 1 N–H and O–H groups in total. The second-order valence-electron chi connectivity index (χ2n) is 5.85. The maximum absolute atomic E-state index is 13.6. The number of benzene rings is 2. The number of hydrogen-bond donors (Lipinski definition) is 1. The molecule has 0 aliphatic carbocycles. The Morgan fingerprint density at radius 3 is 2.31 bits per heavy atom. The van der Waals surface area contributed by atoms with Gasteiger partial charge in [0.15, 0.2) is 11.6 Å². The van der Waals surface area contributed by atoms with Crippen LogP contribution in [0.2, 0.25) is 0 Å². The van der Waals surface area contributed by atoms with E-state index in [1.165, 1.54) is 56.6 Å². The molecule has 1 heterocycles. The highest BCUT2D eigenvalue weighted by molar-refractivity contribution is 7.92. The van der Waals surface area contributed by atoms with Gasteiger partial charge in [-0.15, -0.1) is 9.19 Å². The molecule has 29 heavy (non-hydrogen) atoms. The lowest BCUT2D eigenvalue weighted by atomic mass is 10.3. The molecule has 1 aromatic heterocycles. The molecule has 0 aliphatic heterocycles. The largest absolute Gasteiger partial charge is 0.454 e. The van der Waals surface area contributed by atoms with Gasteiger partial charge in [-0.2, -0.15) is 21.1 Å². The summed E-state index contributed by atoms with van der Waals surface area (Å²) in [5, 5.41) is 2.80. The van der Waals surface area contributed by atoms with Crippen LogP contribution < -0.4 is 9.46 Å². The molecule has 0 atom stereocenters. The Labute approximate surface area is 166 Å². The van der Waals surface area contributed by atoms with E-state index in [1.54, 1.807) is 6.07 Å². The molecule has 0 saturated carbocycles. The van der Waals surface area contributed by atoms with Gasteiger partial charge in [-0.05, 0) is 36.4 Å². The lowest BCUT2D eigenvalue weighted by molar-refractivity contribution is 0.442. The average molecular weight is 441 g/mol. The van der Waals surface area contributed by atoms with Crippen LogP contribution in [0.4, 0.5) is 10.1 Å². The van der Waals surface area contributed by atoms with Crippen molar-refractivity contribution < 1.29 is 26.0 Å². The molecular formula is C16H16FN5O5S2. The highest BCUT2D eigenvalue weighted by atomic mass is 32.2. The lowest BCUT2D eigenvalue weighted by Crippen LogP contribution is -2.29. The summed E-state index contributed by atoms with van der Waals surface area (Å²) in [4.78, 5) is 3.55. The van der Waals surface area contributed by atoms with Crippen molar-refractivity contribution in [2.24, 2.45) is 0 Å². The number of sulfonamides is 1. The quantitative estimate of drug-likeness (QED) is 0.591. The Morgan fingerprint density at radius 2 is 1.69 bits per heavy atom.